The summed E-state index contributed by atoms with van der Waals surface area (Å²) in [6.07, 6.45) is 2.11. The van der Waals surface area contributed by atoms with Crippen molar-refractivity contribution in [1.29, 1.82) is 0 Å². The van der Waals surface area contributed by atoms with Gasteiger partial charge in [0.05, 0.1) is 7.11 Å². The second kappa shape index (κ2) is 7.60. The molecule has 0 bridgehead atoms. The number of Topliss-reactive ketones (excluding diaryl/α,β-unsaturated/α-hetero) is 1. The normalized spacial score (nSPS) is 10.4. The Morgan fingerprint density at radius 3 is 2.10 bits per heavy atom. The summed E-state index contributed by atoms with van der Waals surface area (Å²) in [6.45, 7) is 0.630. The van der Waals surface area contributed by atoms with Crippen molar-refractivity contribution in [3.63, 3.8) is 0 Å². The third kappa shape index (κ3) is 4.43. The summed E-state index contributed by atoms with van der Waals surface area (Å²) >= 11 is 0. The molecule has 2 N–H and O–H groups in total. The van der Waals surface area contributed by atoms with Gasteiger partial charge in [-0.3, -0.25) is 4.79 Å². The van der Waals surface area contributed by atoms with Gasteiger partial charge in [-0.1, -0.05) is 36.4 Å². The summed E-state index contributed by atoms with van der Waals surface area (Å²) in [5, 5.41) is 0. The highest BCUT2D eigenvalue weighted by atomic mass is 16.5. The first-order chi connectivity index (χ1) is 10.2. The average Bonchev–Trinajstić information content (AvgIpc) is 2.54. The van der Waals surface area contributed by atoms with E-state index in [-0.39, 0.29) is 5.78 Å². The Kier molecular flexibility index (Phi) is 5.52. The highest BCUT2D eigenvalue weighted by molar-refractivity contribution is 5.96. The van der Waals surface area contributed by atoms with Crippen molar-refractivity contribution in [1.82, 2.24) is 0 Å². The Morgan fingerprint density at radius 2 is 1.52 bits per heavy atom. The van der Waals surface area contributed by atoms with Crippen LogP contribution in [0.1, 0.15) is 27.9 Å². The molecule has 0 atom stereocenters. The molecule has 0 saturated heterocycles. The molecule has 0 fully saturated rings. The van der Waals surface area contributed by atoms with Gasteiger partial charge in [-0.15, -0.1) is 0 Å². The fourth-order valence-electron chi connectivity index (χ4n) is 2.22. The number of nitrogens with two attached hydrogens (primary N) is 1. The van der Waals surface area contributed by atoms with Crippen LogP contribution in [0.4, 0.5) is 0 Å². The predicted molar refractivity (Wildman–Crippen MR) is 84.8 cm³/mol. The highest BCUT2D eigenvalue weighted by Gasteiger charge is 2.06. The molecule has 0 amide bonds. The second-order valence-corrected chi connectivity index (χ2v) is 5.01. The summed E-state index contributed by atoms with van der Waals surface area (Å²) < 4.78 is 5.12. The molecule has 3 nitrogen and oxygen atoms in total. The third-order valence-corrected chi connectivity index (χ3v) is 3.51. The van der Waals surface area contributed by atoms with E-state index in [9.17, 15) is 4.79 Å². The largest absolute Gasteiger partial charge is 0.497 e. The molecule has 3 heteroatoms. The standard InChI is InChI=1S/C18H21NO2/c1-21-17-9-4-14(5-10-17)6-11-18(20)16-7-2-15(3-8-16)12-13-19/h2-5,7-10H,6,11-13,19H2,1H3. The molecule has 0 heterocycles. The summed E-state index contributed by atoms with van der Waals surface area (Å²) in [5.74, 6) is 1.01. The van der Waals surface area contributed by atoms with Crippen LogP contribution in [-0.4, -0.2) is 19.4 Å². The molecule has 0 spiro atoms. The lowest BCUT2D eigenvalue weighted by Gasteiger charge is -2.05. The molecular weight excluding hydrogens is 262 g/mol. The lowest BCUT2D eigenvalue weighted by Crippen LogP contribution is -2.04. The number of ether oxygens (including phenoxy) is 1. The van der Waals surface area contributed by atoms with Crippen LogP contribution in [-0.2, 0) is 12.8 Å². The Balaban J connectivity index is 1.91. The summed E-state index contributed by atoms with van der Waals surface area (Å²) in [7, 11) is 1.65. The maximum atomic E-state index is 12.2. The zero-order valence-electron chi connectivity index (χ0n) is 12.3. The topological polar surface area (TPSA) is 52.3 Å². The first-order valence-corrected chi connectivity index (χ1v) is 7.18. The van der Waals surface area contributed by atoms with Gasteiger partial charge in [0.25, 0.3) is 0 Å². The molecule has 0 aromatic heterocycles. The molecule has 0 saturated carbocycles. The van der Waals surface area contributed by atoms with Gasteiger partial charge in [0, 0.05) is 12.0 Å². The Morgan fingerprint density at radius 1 is 0.952 bits per heavy atom. The molecule has 2 aromatic rings. The van der Waals surface area contributed by atoms with E-state index in [0.29, 0.717) is 13.0 Å². The first-order valence-electron chi connectivity index (χ1n) is 7.18. The number of ketones is 1. The van der Waals surface area contributed by atoms with E-state index in [1.807, 2.05) is 48.5 Å². The van der Waals surface area contributed by atoms with Gasteiger partial charge in [-0.05, 0) is 42.6 Å². The quantitative estimate of drug-likeness (QED) is 0.795. The van der Waals surface area contributed by atoms with E-state index in [2.05, 4.69) is 0 Å². The monoisotopic (exact) mass is 283 g/mol. The molecular formula is C18H21NO2. The highest BCUT2D eigenvalue weighted by Crippen LogP contribution is 2.14. The predicted octanol–water partition coefficient (Wildman–Crippen LogP) is 3.01. The molecule has 110 valence electrons. The zero-order valence-corrected chi connectivity index (χ0v) is 12.3. The molecule has 2 rings (SSSR count). The van der Waals surface area contributed by atoms with E-state index < -0.39 is 0 Å². The van der Waals surface area contributed by atoms with Crippen LogP contribution < -0.4 is 10.5 Å². The van der Waals surface area contributed by atoms with E-state index in [4.69, 9.17) is 10.5 Å². The summed E-state index contributed by atoms with van der Waals surface area (Å²) in [4.78, 5) is 12.2. The molecule has 0 aliphatic carbocycles. The minimum atomic E-state index is 0.171. The van der Waals surface area contributed by atoms with Crippen LogP contribution >= 0.6 is 0 Å². The van der Waals surface area contributed by atoms with Crippen molar-refractivity contribution < 1.29 is 9.53 Å². The lowest BCUT2D eigenvalue weighted by atomic mass is 10.0. The number of hydrogen-bond donors (Lipinski definition) is 1. The van der Waals surface area contributed by atoms with Crippen LogP contribution in [0.3, 0.4) is 0 Å². The number of benzene rings is 2. The number of carbonyl (C=O) groups is 1. The lowest BCUT2D eigenvalue weighted by molar-refractivity contribution is 0.0983. The van der Waals surface area contributed by atoms with Crippen molar-refractivity contribution in [3.05, 3.63) is 65.2 Å². The van der Waals surface area contributed by atoms with Gasteiger partial charge in [-0.2, -0.15) is 0 Å². The van der Waals surface area contributed by atoms with Crippen LogP contribution in [0.5, 0.6) is 5.75 Å². The van der Waals surface area contributed by atoms with Crippen LogP contribution in [0.25, 0.3) is 0 Å². The van der Waals surface area contributed by atoms with Crippen molar-refractivity contribution in [2.45, 2.75) is 19.3 Å². The fraction of sp³-hybridized carbons (Fsp3) is 0.278. The van der Waals surface area contributed by atoms with E-state index in [0.717, 1.165) is 29.7 Å². The van der Waals surface area contributed by atoms with Crippen LogP contribution in [0.15, 0.2) is 48.5 Å². The zero-order chi connectivity index (χ0) is 15.1. The maximum Gasteiger partial charge on any atom is 0.163 e. The number of hydrogen-bond acceptors (Lipinski definition) is 3. The third-order valence-electron chi connectivity index (χ3n) is 3.51. The van der Waals surface area contributed by atoms with Gasteiger partial charge < -0.3 is 10.5 Å². The molecule has 0 aliphatic rings. The number of rotatable bonds is 7. The number of carbonyl (C=O) groups excluding carboxylic acids is 1. The van der Waals surface area contributed by atoms with Gasteiger partial charge in [-0.25, -0.2) is 0 Å². The van der Waals surface area contributed by atoms with Crippen molar-refractivity contribution in [3.8, 4) is 5.75 Å². The first kappa shape index (κ1) is 15.3. The molecule has 0 aliphatic heterocycles. The van der Waals surface area contributed by atoms with Gasteiger partial charge >= 0.3 is 0 Å². The van der Waals surface area contributed by atoms with E-state index in [1.165, 1.54) is 5.56 Å². The minimum Gasteiger partial charge on any atom is -0.497 e. The van der Waals surface area contributed by atoms with Crippen LogP contribution in [0.2, 0.25) is 0 Å². The number of aryl methyl sites for hydroxylation is 1. The molecule has 0 radical (unpaired) electrons. The van der Waals surface area contributed by atoms with Crippen molar-refractivity contribution >= 4 is 5.78 Å². The Hall–Kier alpha value is -2.13. The fourth-order valence-corrected chi connectivity index (χ4v) is 2.22. The SMILES string of the molecule is COc1ccc(CCC(=O)c2ccc(CCN)cc2)cc1. The van der Waals surface area contributed by atoms with E-state index in [1.54, 1.807) is 7.11 Å². The van der Waals surface area contributed by atoms with Crippen LogP contribution in [0, 0.1) is 0 Å². The smallest absolute Gasteiger partial charge is 0.163 e. The Labute approximate surface area is 125 Å². The molecule has 21 heavy (non-hydrogen) atoms. The van der Waals surface area contributed by atoms with E-state index >= 15 is 0 Å². The second-order valence-electron chi connectivity index (χ2n) is 5.01. The number of methoxy groups -OCH3 is 1. The maximum absolute atomic E-state index is 12.2. The minimum absolute atomic E-state index is 0.171. The van der Waals surface area contributed by atoms with Gasteiger partial charge in [0.15, 0.2) is 5.78 Å². The molecule has 0 unspecified atom stereocenters. The van der Waals surface area contributed by atoms with Gasteiger partial charge in [0.2, 0.25) is 0 Å². The average molecular weight is 283 g/mol. The summed E-state index contributed by atoms with van der Waals surface area (Å²) in [6, 6.07) is 15.6. The van der Waals surface area contributed by atoms with Gasteiger partial charge in [0.1, 0.15) is 5.75 Å². The summed E-state index contributed by atoms with van der Waals surface area (Å²) in [5.41, 5.74) is 8.60. The Bertz CT molecular complexity index is 573. The molecule has 2 aromatic carbocycles. The van der Waals surface area contributed by atoms with Crippen molar-refractivity contribution in [2.75, 3.05) is 13.7 Å². The van der Waals surface area contributed by atoms with Crippen molar-refractivity contribution in [2.24, 2.45) is 5.73 Å².